The molecule has 0 aliphatic heterocycles. The molecule has 1 saturated carbocycles. The van der Waals surface area contributed by atoms with E-state index in [1.807, 2.05) is 0 Å². The summed E-state index contributed by atoms with van der Waals surface area (Å²) in [5.41, 5.74) is 0.580. The minimum Gasteiger partial charge on any atom is -0.382 e. The third-order valence-corrected chi connectivity index (χ3v) is 5.56. The fourth-order valence-electron chi connectivity index (χ4n) is 3.92. The highest BCUT2D eigenvalue weighted by Crippen LogP contribution is 2.39. The Bertz CT molecular complexity index is 905. The molecule has 0 atom stereocenters. The average molecular weight is 406 g/mol. The monoisotopic (exact) mass is 405 g/mol. The number of hydrogen-bond donors (Lipinski definition) is 1. The number of rotatable bonds is 7. The first-order chi connectivity index (χ1) is 13.3. The van der Waals surface area contributed by atoms with Crippen LogP contribution in [0.4, 0.5) is 11.4 Å². The van der Waals surface area contributed by atoms with E-state index in [0.717, 1.165) is 30.6 Å². The first kappa shape index (κ1) is 20.3. The third kappa shape index (κ3) is 4.34. The Morgan fingerprint density at radius 1 is 1.29 bits per heavy atom. The fraction of sp³-hybridized carbons (Fsp3) is 0.474. The van der Waals surface area contributed by atoms with Gasteiger partial charge in [0.15, 0.2) is 0 Å². The molecule has 0 saturated heterocycles. The van der Waals surface area contributed by atoms with Gasteiger partial charge in [0.2, 0.25) is 0 Å². The summed E-state index contributed by atoms with van der Waals surface area (Å²) in [7, 11) is 4.14. The van der Waals surface area contributed by atoms with Crippen LogP contribution in [-0.2, 0) is 0 Å². The van der Waals surface area contributed by atoms with Crippen LogP contribution in [0.3, 0.4) is 0 Å². The normalized spacial score (nSPS) is 15.7. The van der Waals surface area contributed by atoms with E-state index in [1.54, 1.807) is 0 Å². The largest absolute Gasteiger partial charge is 0.382 e. The first-order valence-corrected chi connectivity index (χ1v) is 9.60. The van der Waals surface area contributed by atoms with Crippen molar-refractivity contribution in [3.05, 3.63) is 56.0 Å². The SMILES string of the molecule is CN(C)CC1(CNc2cnn(-c3ccc([N+](=O)[O-])cc3)c(=O)c2Cl)CCCC1. The van der Waals surface area contributed by atoms with Gasteiger partial charge in [0.05, 0.1) is 22.5 Å². The highest BCUT2D eigenvalue weighted by molar-refractivity contribution is 6.32. The molecule has 150 valence electrons. The van der Waals surface area contributed by atoms with Gasteiger partial charge < -0.3 is 10.2 Å². The van der Waals surface area contributed by atoms with E-state index in [2.05, 4.69) is 29.4 Å². The molecule has 1 aromatic carbocycles. The molecule has 0 bridgehead atoms. The molecule has 1 aromatic heterocycles. The predicted molar refractivity (Wildman–Crippen MR) is 109 cm³/mol. The number of anilines is 1. The molecule has 3 rings (SSSR count). The van der Waals surface area contributed by atoms with Crippen molar-refractivity contribution in [3.63, 3.8) is 0 Å². The van der Waals surface area contributed by atoms with Crippen molar-refractivity contribution in [2.24, 2.45) is 5.41 Å². The molecule has 0 radical (unpaired) electrons. The molecule has 28 heavy (non-hydrogen) atoms. The maximum absolute atomic E-state index is 12.6. The smallest absolute Gasteiger partial charge is 0.292 e. The number of hydrogen-bond acceptors (Lipinski definition) is 6. The molecule has 0 unspecified atom stereocenters. The highest BCUT2D eigenvalue weighted by atomic mass is 35.5. The van der Waals surface area contributed by atoms with Gasteiger partial charge in [-0.2, -0.15) is 9.78 Å². The summed E-state index contributed by atoms with van der Waals surface area (Å²) in [5.74, 6) is 0. The van der Waals surface area contributed by atoms with Gasteiger partial charge in [-0.15, -0.1) is 0 Å². The standard InChI is InChI=1S/C19H24ClN5O3/c1-23(2)13-19(9-3-4-10-19)12-21-16-11-22-24(18(26)17(16)20)14-5-7-15(8-6-14)25(27)28/h5-8,11,21H,3-4,9-10,12-13H2,1-2H3. The number of aromatic nitrogens is 2. The Balaban J connectivity index is 1.80. The number of nitro benzene ring substituents is 1. The van der Waals surface area contributed by atoms with Crippen LogP contribution in [-0.4, -0.2) is 46.8 Å². The van der Waals surface area contributed by atoms with Crippen molar-refractivity contribution in [2.45, 2.75) is 25.7 Å². The molecule has 0 amide bonds. The Hall–Kier alpha value is -2.45. The minimum absolute atomic E-state index is 0.0519. The lowest BCUT2D eigenvalue weighted by molar-refractivity contribution is -0.384. The number of nitro groups is 1. The molecule has 1 aliphatic carbocycles. The van der Waals surface area contributed by atoms with Crippen LogP contribution in [0.2, 0.25) is 5.02 Å². The summed E-state index contributed by atoms with van der Waals surface area (Å²) < 4.78 is 1.14. The average Bonchev–Trinajstić information content (AvgIpc) is 3.11. The quantitative estimate of drug-likeness (QED) is 0.561. The lowest BCUT2D eigenvalue weighted by Crippen LogP contribution is -2.37. The second kappa shape index (κ2) is 8.28. The van der Waals surface area contributed by atoms with Crippen molar-refractivity contribution < 1.29 is 4.92 Å². The second-order valence-corrected chi connectivity index (χ2v) is 8.04. The van der Waals surface area contributed by atoms with E-state index in [1.165, 1.54) is 43.3 Å². The number of nitrogens with one attached hydrogen (secondary N) is 1. The van der Waals surface area contributed by atoms with Crippen LogP contribution in [0, 0.1) is 15.5 Å². The molecule has 9 heteroatoms. The van der Waals surface area contributed by atoms with Crippen LogP contribution in [0.1, 0.15) is 25.7 Å². The van der Waals surface area contributed by atoms with Crippen molar-refractivity contribution in [3.8, 4) is 5.69 Å². The van der Waals surface area contributed by atoms with Crippen LogP contribution >= 0.6 is 11.6 Å². The Morgan fingerprint density at radius 3 is 2.50 bits per heavy atom. The van der Waals surface area contributed by atoms with E-state index < -0.39 is 10.5 Å². The Kier molecular flexibility index (Phi) is 6.00. The number of halogens is 1. The molecule has 8 nitrogen and oxygen atoms in total. The third-order valence-electron chi connectivity index (χ3n) is 5.19. The summed E-state index contributed by atoms with van der Waals surface area (Å²) in [6.45, 7) is 1.71. The van der Waals surface area contributed by atoms with Crippen molar-refractivity contribution >= 4 is 23.0 Å². The molecular weight excluding hydrogens is 382 g/mol. The second-order valence-electron chi connectivity index (χ2n) is 7.66. The maximum atomic E-state index is 12.6. The summed E-state index contributed by atoms with van der Waals surface area (Å²) in [6.07, 6.45) is 6.24. The van der Waals surface area contributed by atoms with Crippen LogP contribution < -0.4 is 10.9 Å². The molecule has 2 aromatic rings. The zero-order valence-corrected chi connectivity index (χ0v) is 16.8. The fourth-order valence-corrected chi connectivity index (χ4v) is 4.12. The van der Waals surface area contributed by atoms with Gasteiger partial charge in [-0.3, -0.25) is 14.9 Å². The topological polar surface area (TPSA) is 93.3 Å². The van der Waals surface area contributed by atoms with Crippen LogP contribution in [0.25, 0.3) is 5.69 Å². The van der Waals surface area contributed by atoms with Crippen molar-refractivity contribution in [2.75, 3.05) is 32.5 Å². The summed E-state index contributed by atoms with van der Waals surface area (Å²) >= 11 is 6.31. The van der Waals surface area contributed by atoms with Gasteiger partial charge in [0.1, 0.15) is 5.02 Å². The maximum Gasteiger partial charge on any atom is 0.292 e. The minimum atomic E-state index is -0.493. The van der Waals surface area contributed by atoms with Crippen LogP contribution in [0.15, 0.2) is 35.3 Å². The van der Waals surface area contributed by atoms with E-state index in [9.17, 15) is 14.9 Å². The lowest BCUT2D eigenvalue weighted by Gasteiger charge is -2.32. The zero-order chi connectivity index (χ0) is 20.3. The van der Waals surface area contributed by atoms with Crippen LogP contribution in [0.5, 0.6) is 0 Å². The predicted octanol–water partition coefficient (Wildman–Crippen LogP) is 3.33. The van der Waals surface area contributed by atoms with Crippen molar-refractivity contribution in [1.29, 1.82) is 0 Å². The van der Waals surface area contributed by atoms with Gasteiger partial charge in [-0.25, -0.2) is 0 Å². The summed E-state index contributed by atoms with van der Waals surface area (Å²) in [4.78, 5) is 25.1. The molecule has 1 N–H and O–H groups in total. The summed E-state index contributed by atoms with van der Waals surface area (Å²) in [5, 5.41) is 18.3. The zero-order valence-electron chi connectivity index (χ0n) is 16.0. The first-order valence-electron chi connectivity index (χ1n) is 9.23. The van der Waals surface area contributed by atoms with Gasteiger partial charge in [0.25, 0.3) is 11.2 Å². The molecule has 1 aliphatic rings. The summed E-state index contributed by atoms with van der Waals surface area (Å²) in [6, 6.07) is 5.60. The number of benzene rings is 1. The number of nitrogens with zero attached hydrogens (tertiary/aromatic N) is 4. The van der Waals surface area contributed by atoms with Gasteiger partial charge in [-0.05, 0) is 39.1 Å². The van der Waals surface area contributed by atoms with Gasteiger partial charge in [0, 0.05) is 30.6 Å². The Labute approximate surface area is 168 Å². The van der Waals surface area contributed by atoms with E-state index in [4.69, 9.17) is 11.6 Å². The molecule has 1 heterocycles. The molecular formula is C19H24ClN5O3. The van der Waals surface area contributed by atoms with Gasteiger partial charge in [-0.1, -0.05) is 24.4 Å². The van der Waals surface area contributed by atoms with E-state index >= 15 is 0 Å². The van der Waals surface area contributed by atoms with Crippen molar-refractivity contribution in [1.82, 2.24) is 14.7 Å². The lowest BCUT2D eigenvalue weighted by atomic mass is 9.85. The highest BCUT2D eigenvalue weighted by Gasteiger charge is 2.34. The van der Waals surface area contributed by atoms with Gasteiger partial charge >= 0.3 is 0 Å². The molecule has 0 spiro atoms. The Morgan fingerprint density at radius 2 is 1.93 bits per heavy atom. The van der Waals surface area contributed by atoms with E-state index in [0.29, 0.717) is 11.4 Å². The molecule has 1 fully saturated rings. The van der Waals surface area contributed by atoms with E-state index in [-0.39, 0.29) is 16.1 Å². The number of non-ortho nitro benzene ring substituents is 1.